The lowest BCUT2D eigenvalue weighted by atomic mass is 10.1. The van der Waals surface area contributed by atoms with Crippen molar-refractivity contribution in [1.82, 2.24) is 4.90 Å². The third-order valence-electron chi connectivity index (χ3n) is 3.05. The molecular weight excluding hydrogens is 272 g/mol. The van der Waals surface area contributed by atoms with E-state index in [1.54, 1.807) is 26.0 Å². The Kier molecular flexibility index (Phi) is 6.55. The smallest absolute Gasteiger partial charge is 0.320 e. The maximum absolute atomic E-state index is 11.6. The number of rotatable bonds is 8. The van der Waals surface area contributed by atoms with Crippen LogP contribution in [0.1, 0.15) is 18.1 Å². The Bertz CT molecular complexity index is 528. The molecule has 0 fully saturated rings. The minimum absolute atomic E-state index is 0.0854. The monoisotopic (exact) mass is 292 g/mol. The van der Waals surface area contributed by atoms with Gasteiger partial charge >= 0.3 is 5.97 Å². The molecule has 6 heteroatoms. The molecule has 0 radical (unpaired) electrons. The molecule has 0 unspecified atom stereocenters. The van der Waals surface area contributed by atoms with Crippen molar-refractivity contribution < 1.29 is 14.5 Å². The number of hydrogen-bond donors (Lipinski definition) is 0. The summed E-state index contributed by atoms with van der Waals surface area (Å²) in [6.45, 7) is 8.51. The molecule has 0 aliphatic carbocycles. The highest BCUT2D eigenvalue weighted by atomic mass is 16.6. The van der Waals surface area contributed by atoms with E-state index in [1.165, 1.54) is 6.07 Å². The van der Waals surface area contributed by atoms with Gasteiger partial charge in [0, 0.05) is 24.7 Å². The molecule has 0 saturated heterocycles. The number of hydrogen-bond acceptors (Lipinski definition) is 5. The van der Waals surface area contributed by atoms with E-state index in [9.17, 15) is 14.9 Å². The van der Waals surface area contributed by atoms with Crippen LogP contribution >= 0.6 is 0 Å². The molecule has 1 aromatic carbocycles. The van der Waals surface area contributed by atoms with Gasteiger partial charge in [0.1, 0.15) is 0 Å². The summed E-state index contributed by atoms with van der Waals surface area (Å²) in [7, 11) is 0. The number of ether oxygens (including phenoxy) is 1. The Morgan fingerprint density at radius 2 is 2.24 bits per heavy atom. The molecule has 0 amide bonds. The van der Waals surface area contributed by atoms with Crippen LogP contribution in [0, 0.1) is 17.0 Å². The van der Waals surface area contributed by atoms with E-state index in [2.05, 4.69) is 6.58 Å². The van der Waals surface area contributed by atoms with Crippen molar-refractivity contribution in [3.05, 3.63) is 52.1 Å². The third kappa shape index (κ3) is 5.00. The van der Waals surface area contributed by atoms with Crippen molar-refractivity contribution in [2.75, 3.05) is 19.7 Å². The number of nitro groups is 1. The highest BCUT2D eigenvalue weighted by Crippen LogP contribution is 2.22. The van der Waals surface area contributed by atoms with Crippen molar-refractivity contribution >= 4 is 11.7 Å². The van der Waals surface area contributed by atoms with Gasteiger partial charge in [-0.15, -0.1) is 6.58 Å². The number of carbonyl (C=O) groups excluding carboxylic acids is 1. The van der Waals surface area contributed by atoms with Gasteiger partial charge in [-0.3, -0.25) is 19.8 Å². The average Bonchev–Trinajstić information content (AvgIpc) is 2.41. The fourth-order valence-electron chi connectivity index (χ4n) is 2.04. The Balaban J connectivity index is 2.88. The van der Waals surface area contributed by atoms with Crippen molar-refractivity contribution in [1.29, 1.82) is 0 Å². The van der Waals surface area contributed by atoms with Gasteiger partial charge in [-0.2, -0.15) is 0 Å². The first-order chi connectivity index (χ1) is 9.99. The molecule has 0 spiro atoms. The van der Waals surface area contributed by atoms with Crippen molar-refractivity contribution in [2.24, 2.45) is 0 Å². The Labute approximate surface area is 124 Å². The lowest BCUT2D eigenvalue weighted by Gasteiger charge is -2.20. The summed E-state index contributed by atoms with van der Waals surface area (Å²) in [6.07, 6.45) is 1.69. The largest absolute Gasteiger partial charge is 0.465 e. The lowest BCUT2D eigenvalue weighted by molar-refractivity contribution is -0.385. The van der Waals surface area contributed by atoms with E-state index >= 15 is 0 Å². The zero-order chi connectivity index (χ0) is 15.8. The number of nitrogens with zero attached hydrogens (tertiary/aromatic N) is 2. The number of benzene rings is 1. The summed E-state index contributed by atoms with van der Waals surface area (Å²) in [5, 5.41) is 11.0. The minimum Gasteiger partial charge on any atom is -0.465 e. The lowest BCUT2D eigenvalue weighted by Crippen LogP contribution is -2.31. The first-order valence-electron chi connectivity index (χ1n) is 6.71. The number of nitro benzene ring substituents is 1. The normalized spacial score (nSPS) is 10.4. The predicted octanol–water partition coefficient (Wildman–Crippen LogP) is 2.45. The number of carbonyl (C=O) groups is 1. The first kappa shape index (κ1) is 16.8. The van der Waals surface area contributed by atoms with Crippen LogP contribution in [0.3, 0.4) is 0 Å². The molecule has 0 aromatic heterocycles. The molecule has 0 N–H and O–H groups in total. The van der Waals surface area contributed by atoms with Crippen LogP contribution in [0.25, 0.3) is 0 Å². The molecule has 114 valence electrons. The quantitative estimate of drug-likeness (QED) is 0.318. The van der Waals surface area contributed by atoms with Gasteiger partial charge in [0.25, 0.3) is 5.69 Å². The van der Waals surface area contributed by atoms with Crippen LogP contribution in [-0.4, -0.2) is 35.5 Å². The van der Waals surface area contributed by atoms with Gasteiger partial charge in [0.15, 0.2) is 0 Å². The standard InChI is InChI=1S/C15H20N2O4/c1-4-9-16(11-15(18)21-5-2)10-13-7-6-8-14(12(13)3)17(19)20/h4,6-8H,1,5,9-11H2,2-3H3. The molecule has 0 aliphatic rings. The molecule has 0 bridgehead atoms. The zero-order valence-electron chi connectivity index (χ0n) is 12.4. The van der Waals surface area contributed by atoms with Crippen LogP contribution in [0.4, 0.5) is 5.69 Å². The zero-order valence-corrected chi connectivity index (χ0v) is 12.4. The maximum Gasteiger partial charge on any atom is 0.320 e. The average molecular weight is 292 g/mol. The van der Waals surface area contributed by atoms with E-state index < -0.39 is 4.92 Å². The summed E-state index contributed by atoms with van der Waals surface area (Å²) in [6, 6.07) is 4.95. The molecule has 6 nitrogen and oxygen atoms in total. The van der Waals surface area contributed by atoms with Gasteiger partial charge in [0.05, 0.1) is 18.1 Å². The molecule has 1 aromatic rings. The summed E-state index contributed by atoms with van der Waals surface area (Å²) >= 11 is 0. The first-order valence-corrected chi connectivity index (χ1v) is 6.71. The highest BCUT2D eigenvalue weighted by molar-refractivity contribution is 5.71. The fraction of sp³-hybridized carbons (Fsp3) is 0.400. The summed E-state index contributed by atoms with van der Waals surface area (Å²) in [4.78, 5) is 24.0. The van der Waals surface area contributed by atoms with Crippen molar-refractivity contribution in [3.8, 4) is 0 Å². The summed E-state index contributed by atoms with van der Waals surface area (Å²) in [5.41, 5.74) is 1.51. The van der Waals surface area contributed by atoms with Crippen LogP contribution < -0.4 is 0 Å². The van der Waals surface area contributed by atoms with Crippen LogP contribution in [0.5, 0.6) is 0 Å². The molecule has 0 aliphatic heterocycles. The van der Waals surface area contributed by atoms with Gasteiger partial charge in [0.2, 0.25) is 0 Å². The van der Waals surface area contributed by atoms with Crippen molar-refractivity contribution in [2.45, 2.75) is 20.4 Å². The van der Waals surface area contributed by atoms with E-state index in [-0.39, 0.29) is 18.2 Å². The Morgan fingerprint density at radius 3 is 2.81 bits per heavy atom. The molecule has 1 rings (SSSR count). The van der Waals surface area contributed by atoms with Gasteiger partial charge in [-0.25, -0.2) is 0 Å². The summed E-state index contributed by atoms with van der Waals surface area (Å²) in [5.74, 6) is -0.317. The second-order valence-corrected chi connectivity index (χ2v) is 4.58. The maximum atomic E-state index is 11.6. The fourth-order valence-corrected chi connectivity index (χ4v) is 2.04. The third-order valence-corrected chi connectivity index (χ3v) is 3.05. The second kappa shape index (κ2) is 8.16. The van der Waals surface area contributed by atoms with E-state index in [0.717, 1.165) is 5.56 Å². The minimum atomic E-state index is -0.401. The van der Waals surface area contributed by atoms with Gasteiger partial charge in [-0.05, 0) is 19.4 Å². The Morgan fingerprint density at radius 1 is 1.52 bits per heavy atom. The SMILES string of the molecule is C=CCN(CC(=O)OCC)Cc1cccc([N+](=O)[O-])c1C. The predicted molar refractivity (Wildman–Crippen MR) is 79.9 cm³/mol. The number of esters is 1. The topological polar surface area (TPSA) is 72.7 Å². The Hall–Kier alpha value is -2.21. The van der Waals surface area contributed by atoms with E-state index in [1.807, 2.05) is 11.0 Å². The van der Waals surface area contributed by atoms with Gasteiger partial charge in [-0.1, -0.05) is 18.2 Å². The van der Waals surface area contributed by atoms with Gasteiger partial charge < -0.3 is 4.74 Å². The molecule has 21 heavy (non-hydrogen) atoms. The second-order valence-electron chi connectivity index (χ2n) is 4.58. The van der Waals surface area contributed by atoms with Crippen LogP contribution in [0.15, 0.2) is 30.9 Å². The molecular formula is C15H20N2O4. The summed E-state index contributed by atoms with van der Waals surface area (Å²) < 4.78 is 4.93. The molecule has 0 saturated carbocycles. The van der Waals surface area contributed by atoms with Crippen LogP contribution in [-0.2, 0) is 16.1 Å². The van der Waals surface area contributed by atoms with Crippen molar-refractivity contribution in [3.63, 3.8) is 0 Å². The molecule has 0 heterocycles. The van der Waals surface area contributed by atoms with Crippen LogP contribution in [0.2, 0.25) is 0 Å². The van der Waals surface area contributed by atoms with E-state index in [0.29, 0.717) is 25.3 Å². The van der Waals surface area contributed by atoms with E-state index in [4.69, 9.17) is 4.74 Å². The molecule has 0 atom stereocenters. The highest BCUT2D eigenvalue weighted by Gasteiger charge is 2.16.